The average molecular weight is 312 g/mol. The van der Waals surface area contributed by atoms with Gasteiger partial charge >= 0.3 is 5.97 Å². The van der Waals surface area contributed by atoms with Crippen LogP contribution in [0.5, 0.6) is 0 Å². The Labute approximate surface area is 130 Å². The van der Waals surface area contributed by atoms with Crippen molar-refractivity contribution in [1.29, 1.82) is 0 Å². The van der Waals surface area contributed by atoms with E-state index in [-0.39, 0.29) is 11.5 Å². The molecule has 0 atom stereocenters. The molecule has 0 radical (unpaired) electrons. The molecule has 0 spiro atoms. The highest BCUT2D eigenvalue weighted by atomic mass is 32.1. The molecule has 5 nitrogen and oxygen atoms in total. The number of nitrogens with zero attached hydrogens (tertiary/aromatic N) is 2. The molecule has 1 aromatic heterocycles. The number of carbonyl (C=O) groups excluding carboxylic acids is 1. The molecular formula is C16H12N2O3S. The van der Waals surface area contributed by atoms with Gasteiger partial charge in [-0.1, -0.05) is 6.07 Å². The van der Waals surface area contributed by atoms with Gasteiger partial charge in [-0.15, -0.1) is 11.3 Å². The second kappa shape index (κ2) is 5.57. The number of amides is 1. The lowest BCUT2D eigenvalue weighted by atomic mass is 10.1. The molecule has 0 unspecified atom stereocenters. The largest absolute Gasteiger partial charge is 0.478 e. The van der Waals surface area contributed by atoms with Gasteiger partial charge in [0.25, 0.3) is 5.91 Å². The van der Waals surface area contributed by atoms with Crippen molar-refractivity contribution in [3.8, 4) is 0 Å². The van der Waals surface area contributed by atoms with E-state index >= 15 is 0 Å². The van der Waals surface area contributed by atoms with E-state index in [1.165, 1.54) is 17.1 Å². The molecule has 0 bridgehead atoms. The van der Waals surface area contributed by atoms with E-state index in [0.29, 0.717) is 17.0 Å². The van der Waals surface area contributed by atoms with Crippen molar-refractivity contribution in [2.75, 3.05) is 5.01 Å². The molecule has 22 heavy (non-hydrogen) atoms. The molecular weight excluding hydrogens is 300 g/mol. The summed E-state index contributed by atoms with van der Waals surface area (Å²) < 4.78 is 0. The maximum atomic E-state index is 12.5. The molecule has 1 aliphatic rings. The topological polar surface area (TPSA) is 70.0 Å². The minimum Gasteiger partial charge on any atom is -0.478 e. The lowest BCUT2D eigenvalue weighted by Crippen LogP contribution is -2.21. The third-order valence-corrected chi connectivity index (χ3v) is 4.07. The molecule has 0 aliphatic carbocycles. The number of carboxylic acids is 1. The van der Waals surface area contributed by atoms with Gasteiger partial charge < -0.3 is 5.11 Å². The highest BCUT2D eigenvalue weighted by Crippen LogP contribution is 2.26. The van der Waals surface area contributed by atoms with Crippen LogP contribution in [0, 0.1) is 0 Å². The first-order valence-corrected chi connectivity index (χ1v) is 7.43. The number of hydrogen-bond acceptors (Lipinski definition) is 4. The summed E-state index contributed by atoms with van der Waals surface area (Å²) in [6.07, 6.45) is 1.82. The van der Waals surface area contributed by atoms with Crippen molar-refractivity contribution in [2.24, 2.45) is 5.10 Å². The summed E-state index contributed by atoms with van der Waals surface area (Å²) >= 11 is 1.55. The number of anilines is 1. The molecule has 3 rings (SSSR count). The first kappa shape index (κ1) is 14.2. The van der Waals surface area contributed by atoms with E-state index in [1.807, 2.05) is 23.6 Å². The maximum absolute atomic E-state index is 12.5. The Morgan fingerprint density at radius 2 is 2.00 bits per heavy atom. The van der Waals surface area contributed by atoms with E-state index in [0.717, 1.165) is 4.88 Å². The van der Waals surface area contributed by atoms with Crippen molar-refractivity contribution in [2.45, 2.75) is 6.92 Å². The van der Waals surface area contributed by atoms with Crippen molar-refractivity contribution in [1.82, 2.24) is 0 Å². The zero-order valence-corrected chi connectivity index (χ0v) is 12.5. The SMILES string of the molecule is CC1=NN(c2ccc(C(=O)O)cc2)C(=O)/C1=C\c1cccs1. The molecule has 0 saturated carbocycles. The van der Waals surface area contributed by atoms with Gasteiger partial charge in [0.05, 0.1) is 22.5 Å². The van der Waals surface area contributed by atoms with Crippen LogP contribution in [0.25, 0.3) is 6.08 Å². The first-order valence-electron chi connectivity index (χ1n) is 6.55. The number of hydrazone groups is 1. The summed E-state index contributed by atoms with van der Waals surface area (Å²) in [5.74, 6) is -1.22. The number of benzene rings is 1. The van der Waals surface area contributed by atoms with E-state index < -0.39 is 5.97 Å². The molecule has 0 saturated heterocycles. The lowest BCUT2D eigenvalue weighted by molar-refractivity contribution is -0.114. The summed E-state index contributed by atoms with van der Waals surface area (Å²) in [7, 11) is 0. The minimum atomic E-state index is -1.00. The van der Waals surface area contributed by atoms with Gasteiger partial charge in [-0.25, -0.2) is 4.79 Å². The number of carbonyl (C=O) groups is 2. The molecule has 110 valence electrons. The molecule has 1 amide bonds. The quantitative estimate of drug-likeness (QED) is 0.884. The summed E-state index contributed by atoms with van der Waals surface area (Å²) in [4.78, 5) is 24.3. The minimum absolute atomic E-state index is 0.172. The molecule has 2 aromatic rings. The molecule has 1 aromatic carbocycles. The molecule has 6 heteroatoms. The van der Waals surface area contributed by atoms with E-state index in [9.17, 15) is 9.59 Å². The van der Waals surface area contributed by atoms with Crippen molar-refractivity contribution in [3.63, 3.8) is 0 Å². The zero-order valence-electron chi connectivity index (χ0n) is 11.7. The van der Waals surface area contributed by atoms with Crippen LogP contribution in [0.1, 0.15) is 22.2 Å². The Kier molecular flexibility index (Phi) is 3.60. The molecule has 1 aliphatic heterocycles. The van der Waals surface area contributed by atoms with Crippen LogP contribution in [0.3, 0.4) is 0 Å². The highest BCUT2D eigenvalue weighted by Gasteiger charge is 2.28. The van der Waals surface area contributed by atoms with Crippen LogP contribution >= 0.6 is 11.3 Å². The smallest absolute Gasteiger partial charge is 0.335 e. The van der Waals surface area contributed by atoms with E-state index in [1.54, 1.807) is 30.4 Å². The zero-order chi connectivity index (χ0) is 15.7. The van der Waals surface area contributed by atoms with Gasteiger partial charge in [0.1, 0.15) is 0 Å². The maximum Gasteiger partial charge on any atom is 0.335 e. The van der Waals surface area contributed by atoms with Crippen LogP contribution < -0.4 is 5.01 Å². The normalized spacial score (nSPS) is 16.2. The van der Waals surface area contributed by atoms with Crippen molar-refractivity contribution >= 4 is 40.7 Å². The van der Waals surface area contributed by atoms with E-state index in [4.69, 9.17) is 5.11 Å². The highest BCUT2D eigenvalue weighted by molar-refractivity contribution is 7.10. The van der Waals surface area contributed by atoms with Gasteiger partial charge in [0, 0.05) is 4.88 Å². The molecule has 1 N–H and O–H groups in total. The predicted molar refractivity (Wildman–Crippen MR) is 86.3 cm³/mol. The summed E-state index contributed by atoms with van der Waals surface area (Å²) in [5, 5.41) is 16.4. The van der Waals surface area contributed by atoms with Gasteiger partial charge in [-0.3, -0.25) is 4.79 Å². The summed E-state index contributed by atoms with van der Waals surface area (Å²) in [6.45, 7) is 1.78. The Morgan fingerprint density at radius 3 is 2.59 bits per heavy atom. The summed E-state index contributed by atoms with van der Waals surface area (Å²) in [5.41, 5.74) is 1.90. The fourth-order valence-corrected chi connectivity index (χ4v) is 2.78. The summed E-state index contributed by atoms with van der Waals surface area (Å²) in [6, 6.07) is 9.92. The number of hydrogen-bond donors (Lipinski definition) is 1. The Balaban J connectivity index is 1.91. The van der Waals surface area contributed by atoms with Gasteiger partial charge in [0.2, 0.25) is 0 Å². The fraction of sp³-hybridized carbons (Fsp3) is 0.0625. The van der Waals surface area contributed by atoms with Crippen LogP contribution in [0.2, 0.25) is 0 Å². The predicted octanol–water partition coefficient (Wildman–Crippen LogP) is 3.25. The average Bonchev–Trinajstić information content (AvgIpc) is 3.11. The van der Waals surface area contributed by atoms with Gasteiger partial charge in [0.15, 0.2) is 0 Å². The second-order valence-corrected chi connectivity index (χ2v) is 5.71. The molecule has 2 heterocycles. The van der Waals surface area contributed by atoms with Gasteiger partial charge in [-0.2, -0.15) is 10.1 Å². The standard InChI is InChI=1S/C16H12N2O3S/c1-10-14(9-13-3-2-8-22-13)15(19)18(17-10)12-6-4-11(5-7-12)16(20)21/h2-9H,1H3,(H,20,21)/b14-9-. The number of rotatable bonds is 3. The third-order valence-electron chi connectivity index (χ3n) is 3.25. The molecule has 0 fully saturated rings. The monoisotopic (exact) mass is 312 g/mol. The Bertz CT molecular complexity index is 789. The van der Waals surface area contributed by atoms with Gasteiger partial charge in [-0.05, 0) is 48.7 Å². The van der Waals surface area contributed by atoms with Crippen LogP contribution in [0.15, 0.2) is 52.5 Å². The van der Waals surface area contributed by atoms with Crippen molar-refractivity contribution in [3.05, 3.63) is 57.8 Å². The number of carboxylic acid groups (broad SMARTS) is 1. The number of thiophene rings is 1. The fourth-order valence-electron chi connectivity index (χ4n) is 2.12. The lowest BCUT2D eigenvalue weighted by Gasteiger charge is -2.11. The Morgan fingerprint density at radius 1 is 1.27 bits per heavy atom. The van der Waals surface area contributed by atoms with Crippen LogP contribution in [-0.4, -0.2) is 22.7 Å². The van der Waals surface area contributed by atoms with Crippen LogP contribution in [0.4, 0.5) is 5.69 Å². The second-order valence-electron chi connectivity index (χ2n) is 4.73. The van der Waals surface area contributed by atoms with Crippen LogP contribution in [-0.2, 0) is 4.79 Å². The van der Waals surface area contributed by atoms with E-state index in [2.05, 4.69) is 5.10 Å². The third kappa shape index (κ3) is 2.56. The number of aromatic carboxylic acids is 1. The Hall–Kier alpha value is -2.73. The first-order chi connectivity index (χ1) is 10.6. The van der Waals surface area contributed by atoms with Crippen molar-refractivity contribution < 1.29 is 14.7 Å².